The van der Waals surface area contributed by atoms with Crippen molar-refractivity contribution in [3.05, 3.63) is 42.0 Å². The van der Waals surface area contributed by atoms with E-state index in [1.807, 2.05) is 30.3 Å². The van der Waals surface area contributed by atoms with Crippen LogP contribution in [0.3, 0.4) is 0 Å². The lowest BCUT2D eigenvalue weighted by Gasteiger charge is -2.36. The molecule has 2 aromatic rings. The maximum absolute atomic E-state index is 12.3. The van der Waals surface area contributed by atoms with E-state index in [1.54, 1.807) is 4.68 Å². The minimum Gasteiger partial charge on any atom is -0.388 e. The van der Waals surface area contributed by atoms with E-state index < -0.39 is 5.60 Å². The molecule has 0 atom stereocenters. The monoisotopic (exact) mass is 312 g/mol. The van der Waals surface area contributed by atoms with E-state index in [0.29, 0.717) is 5.92 Å². The fraction of sp³-hybridized carbons (Fsp3) is 0.471. The first-order chi connectivity index (χ1) is 11.1. The predicted octanol–water partition coefficient (Wildman–Crippen LogP) is 1.79. The molecule has 0 spiro atoms. The summed E-state index contributed by atoms with van der Waals surface area (Å²) in [6.07, 6.45) is 4.68. The molecule has 1 aromatic carbocycles. The van der Waals surface area contributed by atoms with Crippen LogP contribution in [0.2, 0.25) is 0 Å². The minimum absolute atomic E-state index is 0.179. The number of para-hydroxylation sites is 1. The van der Waals surface area contributed by atoms with Crippen LogP contribution in [0.1, 0.15) is 54.5 Å². The average molecular weight is 312 g/mol. The van der Waals surface area contributed by atoms with Gasteiger partial charge >= 0.3 is 0 Å². The van der Waals surface area contributed by atoms with Gasteiger partial charge in [-0.1, -0.05) is 18.2 Å². The summed E-state index contributed by atoms with van der Waals surface area (Å²) < 4.78 is 1.77. The van der Waals surface area contributed by atoms with Crippen molar-refractivity contribution in [3.63, 3.8) is 0 Å². The summed E-state index contributed by atoms with van der Waals surface area (Å²) in [7, 11) is 0. The third-order valence-electron chi connectivity index (χ3n) is 4.64. The predicted molar refractivity (Wildman–Crippen MR) is 84.5 cm³/mol. The lowest BCUT2D eigenvalue weighted by molar-refractivity contribution is -0.0301. The second-order valence-electron chi connectivity index (χ2n) is 6.58. The lowest BCUT2D eigenvalue weighted by Crippen LogP contribution is -2.47. The van der Waals surface area contributed by atoms with Crippen LogP contribution in [-0.2, 0) is 0 Å². The maximum Gasteiger partial charge on any atom is 0.291 e. The smallest absolute Gasteiger partial charge is 0.291 e. The van der Waals surface area contributed by atoms with E-state index >= 15 is 0 Å². The molecule has 0 unspecified atom stereocenters. The van der Waals surface area contributed by atoms with Gasteiger partial charge in [0.15, 0.2) is 0 Å². The first kappa shape index (κ1) is 14.4. The van der Waals surface area contributed by atoms with E-state index in [9.17, 15) is 9.90 Å². The number of nitrogens with one attached hydrogen (secondary N) is 1. The molecule has 1 amide bonds. The van der Waals surface area contributed by atoms with Gasteiger partial charge in [0.2, 0.25) is 5.82 Å². The van der Waals surface area contributed by atoms with Crippen LogP contribution in [0.4, 0.5) is 0 Å². The Kier molecular flexibility index (Phi) is 3.41. The van der Waals surface area contributed by atoms with Crippen molar-refractivity contribution < 1.29 is 9.90 Å². The summed E-state index contributed by atoms with van der Waals surface area (Å²) >= 11 is 0. The third kappa shape index (κ3) is 2.86. The van der Waals surface area contributed by atoms with Gasteiger partial charge in [0.25, 0.3) is 5.91 Å². The Labute approximate surface area is 134 Å². The number of benzene rings is 1. The second kappa shape index (κ2) is 5.45. The normalized spacial score (nSPS) is 19.2. The molecule has 4 rings (SSSR count). The number of rotatable bonds is 5. The first-order valence-corrected chi connectivity index (χ1v) is 8.18. The van der Waals surface area contributed by atoms with Crippen molar-refractivity contribution in [2.75, 3.05) is 6.54 Å². The number of hydrogen-bond donors (Lipinski definition) is 2. The summed E-state index contributed by atoms with van der Waals surface area (Å²) in [4.78, 5) is 16.8. The van der Waals surface area contributed by atoms with Crippen LogP contribution in [0.5, 0.6) is 0 Å². The molecule has 2 aliphatic carbocycles. The number of amides is 1. The maximum atomic E-state index is 12.3. The highest BCUT2D eigenvalue weighted by Gasteiger charge is 2.35. The number of carbonyl (C=O) groups is 1. The summed E-state index contributed by atoms with van der Waals surface area (Å²) in [5.41, 5.74) is 0.176. The molecule has 2 fully saturated rings. The summed E-state index contributed by atoms with van der Waals surface area (Å²) in [5, 5.41) is 17.2. The molecule has 0 aliphatic heterocycles. The first-order valence-electron chi connectivity index (χ1n) is 8.18. The zero-order valence-electron chi connectivity index (χ0n) is 12.9. The van der Waals surface area contributed by atoms with Gasteiger partial charge in [-0.2, -0.15) is 0 Å². The summed E-state index contributed by atoms with van der Waals surface area (Å²) in [5.74, 6) is 1.10. The summed E-state index contributed by atoms with van der Waals surface area (Å²) in [6, 6.07) is 9.75. The van der Waals surface area contributed by atoms with Crippen LogP contribution in [0.25, 0.3) is 5.69 Å². The van der Waals surface area contributed by atoms with Crippen LogP contribution in [0, 0.1) is 0 Å². The van der Waals surface area contributed by atoms with E-state index in [1.165, 1.54) is 0 Å². The van der Waals surface area contributed by atoms with Gasteiger partial charge in [-0.15, -0.1) is 5.10 Å². The van der Waals surface area contributed by atoms with E-state index in [4.69, 9.17) is 0 Å². The van der Waals surface area contributed by atoms with E-state index in [2.05, 4.69) is 15.4 Å². The number of hydrogen-bond acceptors (Lipinski definition) is 4. The molecule has 0 radical (unpaired) electrons. The molecule has 120 valence electrons. The molecule has 23 heavy (non-hydrogen) atoms. The molecule has 0 bridgehead atoms. The highest BCUT2D eigenvalue weighted by Crippen LogP contribution is 2.39. The highest BCUT2D eigenvalue weighted by molar-refractivity contribution is 5.90. The fourth-order valence-electron chi connectivity index (χ4n) is 2.87. The van der Waals surface area contributed by atoms with Crippen molar-refractivity contribution in [1.82, 2.24) is 20.1 Å². The van der Waals surface area contributed by atoms with Crippen molar-refractivity contribution in [3.8, 4) is 5.69 Å². The van der Waals surface area contributed by atoms with E-state index in [-0.39, 0.29) is 18.3 Å². The number of aromatic nitrogens is 3. The fourth-order valence-corrected chi connectivity index (χ4v) is 2.87. The molecule has 2 aliphatic rings. The molecule has 6 heteroatoms. The molecule has 0 saturated heterocycles. The lowest BCUT2D eigenvalue weighted by atomic mass is 9.80. The van der Waals surface area contributed by atoms with Crippen molar-refractivity contribution in [2.24, 2.45) is 0 Å². The van der Waals surface area contributed by atoms with Crippen LogP contribution in [0.15, 0.2) is 30.3 Å². The molecule has 6 nitrogen and oxygen atoms in total. The second-order valence-corrected chi connectivity index (χ2v) is 6.58. The van der Waals surface area contributed by atoms with Gasteiger partial charge in [-0.3, -0.25) is 4.79 Å². The zero-order valence-corrected chi connectivity index (χ0v) is 12.9. The molecular formula is C17H20N4O2. The molecule has 2 saturated carbocycles. The Morgan fingerprint density at radius 3 is 2.65 bits per heavy atom. The molecule has 1 aromatic heterocycles. The zero-order chi connectivity index (χ0) is 15.9. The third-order valence-corrected chi connectivity index (χ3v) is 4.64. The Bertz CT molecular complexity index is 717. The summed E-state index contributed by atoms with van der Waals surface area (Å²) in [6.45, 7) is 0.268. The van der Waals surface area contributed by atoms with Gasteiger partial charge in [0, 0.05) is 12.5 Å². The van der Waals surface area contributed by atoms with Crippen molar-refractivity contribution in [2.45, 2.75) is 43.6 Å². The topological polar surface area (TPSA) is 80.0 Å². The minimum atomic E-state index is -0.739. The molecule has 2 N–H and O–H groups in total. The van der Waals surface area contributed by atoms with Gasteiger partial charge in [0.05, 0.1) is 11.3 Å². The van der Waals surface area contributed by atoms with Gasteiger partial charge in [-0.25, -0.2) is 9.67 Å². The Morgan fingerprint density at radius 2 is 2.04 bits per heavy atom. The molecular weight excluding hydrogens is 292 g/mol. The quantitative estimate of drug-likeness (QED) is 0.882. The Morgan fingerprint density at radius 1 is 1.30 bits per heavy atom. The van der Waals surface area contributed by atoms with Crippen LogP contribution >= 0.6 is 0 Å². The number of aliphatic hydroxyl groups is 1. The van der Waals surface area contributed by atoms with Gasteiger partial charge < -0.3 is 10.4 Å². The average Bonchev–Trinajstić information content (AvgIpc) is 3.30. The highest BCUT2D eigenvalue weighted by atomic mass is 16.3. The number of carbonyl (C=O) groups excluding carboxylic acids is 1. The van der Waals surface area contributed by atoms with Crippen molar-refractivity contribution in [1.29, 1.82) is 0 Å². The van der Waals surface area contributed by atoms with E-state index in [0.717, 1.165) is 43.6 Å². The molecule has 1 heterocycles. The largest absolute Gasteiger partial charge is 0.388 e. The standard InChI is InChI=1S/C17H20N4O2/c22-16(18-11-17(23)9-4-10-17)14-19-15(12-7-8-12)21(20-14)13-5-2-1-3-6-13/h1-3,5-6,12,23H,4,7-11H2,(H,18,22). The van der Waals surface area contributed by atoms with Gasteiger partial charge in [-0.05, 0) is 44.2 Å². The number of nitrogens with zero attached hydrogens (tertiary/aromatic N) is 3. The van der Waals surface area contributed by atoms with Crippen LogP contribution < -0.4 is 5.32 Å². The van der Waals surface area contributed by atoms with Gasteiger partial charge in [0.1, 0.15) is 5.82 Å². The Hall–Kier alpha value is -2.21. The van der Waals surface area contributed by atoms with Crippen LogP contribution in [-0.4, -0.2) is 37.9 Å². The SMILES string of the molecule is O=C(NCC1(O)CCC1)c1nc(C2CC2)n(-c2ccccc2)n1. The Balaban J connectivity index is 1.56. The van der Waals surface area contributed by atoms with Crippen molar-refractivity contribution >= 4 is 5.91 Å².